The Hall–Kier alpha value is -2.22. The highest BCUT2D eigenvalue weighted by molar-refractivity contribution is 5.03. The third kappa shape index (κ3) is 2.74. The molecule has 0 N–H and O–H groups in total. The summed E-state index contributed by atoms with van der Waals surface area (Å²) in [5.74, 6) is 0. The Morgan fingerprint density at radius 3 is 2.82 bits per heavy atom. The van der Waals surface area contributed by atoms with E-state index < -0.39 is 0 Å². The molecule has 2 aromatic heterocycles. The fourth-order valence-corrected chi connectivity index (χ4v) is 2.99. The maximum atomic E-state index is 12.0. The average Bonchev–Trinajstić information content (AvgIpc) is 3.15. The molecule has 3 rings (SSSR count). The fraction of sp³-hybridized carbons (Fsp3) is 0.571. The topological polar surface area (TPSA) is 78.0 Å². The number of rotatable bonds is 4. The predicted molar refractivity (Wildman–Crippen MR) is 80.4 cm³/mol. The van der Waals surface area contributed by atoms with E-state index in [-0.39, 0.29) is 11.2 Å². The van der Waals surface area contributed by atoms with Crippen molar-refractivity contribution < 1.29 is 0 Å². The second-order valence-electron chi connectivity index (χ2n) is 5.76. The van der Waals surface area contributed by atoms with E-state index >= 15 is 0 Å². The van der Waals surface area contributed by atoms with E-state index in [0.29, 0.717) is 12.6 Å². The predicted octanol–water partition coefficient (Wildman–Crippen LogP) is -0.660. The molecule has 2 aromatic rings. The van der Waals surface area contributed by atoms with Gasteiger partial charge in [0.1, 0.15) is 12.7 Å². The molecule has 0 radical (unpaired) electrons. The van der Waals surface area contributed by atoms with Crippen LogP contribution in [-0.2, 0) is 27.2 Å². The molecule has 0 aromatic carbocycles. The van der Waals surface area contributed by atoms with Crippen molar-refractivity contribution in [2.75, 3.05) is 6.54 Å². The first-order chi connectivity index (χ1) is 10.6. The van der Waals surface area contributed by atoms with E-state index in [0.717, 1.165) is 36.2 Å². The summed E-state index contributed by atoms with van der Waals surface area (Å²) >= 11 is 0. The second kappa shape index (κ2) is 5.88. The van der Waals surface area contributed by atoms with Gasteiger partial charge in [0.15, 0.2) is 0 Å². The number of hydrogen-bond acceptors (Lipinski definition) is 5. The van der Waals surface area contributed by atoms with Gasteiger partial charge < -0.3 is 0 Å². The fourth-order valence-electron chi connectivity index (χ4n) is 2.99. The van der Waals surface area contributed by atoms with E-state index in [9.17, 15) is 9.59 Å². The van der Waals surface area contributed by atoms with E-state index in [1.165, 1.54) is 13.4 Å². The van der Waals surface area contributed by atoms with Gasteiger partial charge in [-0.05, 0) is 19.4 Å². The summed E-state index contributed by atoms with van der Waals surface area (Å²) in [7, 11) is 3.21. The minimum absolute atomic E-state index is 0.259. The molecule has 8 heteroatoms. The van der Waals surface area contributed by atoms with Crippen LogP contribution >= 0.6 is 0 Å². The van der Waals surface area contributed by atoms with Gasteiger partial charge in [0.05, 0.1) is 6.54 Å². The van der Waals surface area contributed by atoms with Crippen molar-refractivity contribution in [1.29, 1.82) is 0 Å². The van der Waals surface area contributed by atoms with Crippen LogP contribution in [0.2, 0.25) is 0 Å². The summed E-state index contributed by atoms with van der Waals surface area (Å²) < 4.78 is 4.50. The Morgan fingerprint density at radius 2 is 2.09 bits per heavy atom. The molecule has 0 saturated carbocycles. The molecule has 1 aliphatic rings. The lowest BCUT2D eigenvalue weighted by molar-refractivity contribution is 0.213. The molecule has 0 aliphatic carbocycles. The van der Waals surface area contributed by atoms with Gasteiger partial charge in [-0.25, -0.2) is 9.78 Å². The Bertz CT molecular complexity index is 761. The van der Waals surface area contributed by atoms with Crippen LogP contribution < -0.4 is 11.2 Å². The van der Waals surface area contributed by atoms with Crippen LogP contribution in [0.25, 0.3) is 0 Å². The molecule has 0 unspecified atom stereocenters. The van der Waals surface area contributed by atoms with E-state index in [4.69, 9.17) is 0 Å². The van der Waals surface area contributed by atoms with Gasteiger partial charge in [0.25, 0.3) is 5.56 Å². The highest BCUT2D eigenvalue weighted by Crippen LogP contribution is 2.20. The van der Waals surface area contributed by atoms with Crippen molar-refractivity contribution in [3.63, 3.8) is 0 Å². The SMILES string of the molecule is Cn1c(CN2CCC[C@H]2Cn2cncn2)cc(=O)n(C)c1=O. The monoisotopic (exact) mass is 304 g/mol. The van der Waals surface area contributed by atoms with Gasteiger partial charge in [0, 0.05) is 38.4 Å². The smallest absolute Gasteiger partial charge is 0.299 e. The summed E-state index contributed by atoms with van der Waals surface area (Å²) in [5, 5.41) is 4.15. The number of likely N-dealkylation sites (tertiary alicyclic amines) is 1. The molecule has 22 heavy (non-hydrogen) atoms. The minimum Gasteiger partial charge on any atom is -0.299 e. The molecule has 1 atom stereocenters. The van der Waals surface area contributed by atoms with E-state index in [2.05, 4.69) is 15.0 Å². The van der Waals surface area contributed by atoms with Crippen molar-refractivity contribution in [1.82, 2.24) is 28.8 Å². The third-order valence-corrected chi connectivity index (χ3v) is 4.35. The molecule has 118 valence electrons. The zero-order valence-corrected chi connectivity index (χ0v) is 12.8. The molecule has 1 aliphatic heterocycles. The highest BCUT2D eigenvalue weighted by Gasteiger charge is 2.26. The summed E-state index contributed by atoms with van der Waals surface area (Å²) in [6, 6.07) is 1.90. The average molecular weight is 304 g/mol. The molecule has 8 nitrogen and oxygen atoms in total. The molecule has 1 fully saturated rings. The van der Waals surface area contributed by atoms with Crippen LogP contribution in [0, 0.1) is 0 Å². The maximum absolute atomic E-state index is 12.0. The van der Waals surface area contributed by atoms with Crippen molar-refractivity contribution in [3.8, 4) is 0 Å². The second-order valence-corrected chi connectivity index (χ2v) is 5.76. The summed E-state index contributed by atoms with van der Waals surface area (Å²) in [4.78, 5) is 30.1. The molecule has 0 bridgehead atoms. The standard InChI is InChI=1S/C14H20N6O2/c1-17-12(6-13(21)18(2)14(17)22)7-19-5-3-4-11(19)8-20-10-15-9-16-20/h6,9-11H,3-5,7-8H2,1-2H3/t11-/m0/s1. The first-order valence-corrected chi connectivity index (χ1v) is 7.38. The maximum Gasteiger partial charge on any atom is 0.330 e. The molecule has 0 spiro atoms. The minimum atomic E-state index is -0.283. The van der Waals surface area contributed by atoms with Gasteiger partial charge in [-0.15, -0.1) is 0 Å². The first kappa shape index (κ1) is 14.7. The largest absolute Gasteiger partial charge is 0.330 e. The third-order valence-electron chi connectivity index (χ3n) is 4.35. The molecule has 3 heterocycles. The van der Waals surface area contributed by atoms with Crippen molar-refractivity contribution in [3.05, 3.63) is 45.3 Å². The van der Waals surface area contributed by atoms with Crippen LogP contribution in [0.4, 0.5) is 0 Å². The summed E-state index contributed by atoms with van der Waals surface area (Å²) in [6.07, 6.45) is 5.44. The van der Waals surface area contributed by atoms with Gasteiger partial charge in [-0.3, -0.25) is 23.5 Å². The Kier molecular flexibility index (Phi) is 3.93. The van der Waals surface area contributed by atoms with Crippen LogP contribution in [-0.4, -0.2) is 41.4 Å². The van der Waals surface area contributed by atoms with Crippen LogP contribution in [0.15, 0.2) is 28.3 Å². The normalized spacial score (nSPS) is 18.9. The van der Waals surface area contributed by atoms with Crippen molar-refractivity contribution in [2.45, 2.75) is 32.0 Å². The number of nitrogens with zero attached hydrogens (tertiary/aromatic N) is 6. The number of aromatic nitrogens is 5. The first-order valence-electron chi connectivity index (χ1n) is 7.38. The molecule has 0 amide bonds. The van der Waals surface area contributed by atoms with Crippen molar-refractivity contribution in [2.24, 2.45) is 14.1 Å². The Balaban J connectivity index is 1.80. The van der Waals surface area contributed by atoms with Crippen LogP contribution in [0.1, 0.15) is 18.5 Å². The summed E-state index contributed by atoms with van der Waals surface area (Å²) in [6.45, 7) is 2.34. The molecule has 1 saturated heterocycles. The quantitative estimate of drug-likeness (QED) is 0.749. The zero-order valence-electron chi connectivity index (χ0n) is 12.8. The van der Waals surface area contributed by atoms with E-state index in [1.807, 2.05) is 4.68 Å². The summed E-state index contributed by atoms with van der Waals surface area (Å²) in [5.41, 5.74) is 0.207. The lowest BCUT2D eigenvalue weighted by atomic mass is 10.2. The number of hydrogen-bond donors (Lipinski definition) is 0. The zero-order chi connectivity index (χ0) is 15.7. The van der Waals surface area contributed by atoms with Crippen LogP contribution in [0.5, 0.6) is 0 Å². The highest BCUT2D eigenvalue weighted by atomic mass is 16.2. The Labute approximate surface area is 127 Å². The van der Waals surface area contributed by atoms with Gasteiger partial charge in [-0.2, -0.15) is 5.10 Å². The van der Waals surface area contributed by atoms with Gasteiger partial charge in [0.2, 0.25) is 0 Å². The van der Waals surface area contributed by atoms with Crippen molar-refractivity contribution >= 4 is 0 Å². The molecular formula is C14H20N6O2. The van der Waals surface area contributed by atoms with Crippen LogP contribution in [0.3, 0.4) is 0 Å². The lowest BCUT2D eigenvalue weighted by Gasteiger charge is -2.25. The lowest BCUT2D eigenvalue weighted by Crippen LogP contribution is -2.40. The Morgan fingerprint density at radius 1 is 1.27 bits per heavy atom. The van der Waals surface area contributed by atoms with E-state index in [1.54, 1.807) is 24.0 Å². The molecular weight excluding hydrogens is 284 g/mol. The van der Waals surface area contributed by atoms with Gasteiger partial charge in [-0.1, -0.05) is 0 Å². The van der Waals surface area contributed by atoms with Gasteiger partial charge >= 0.3 is 5.69 Å².